The number of benzene rings is 1. The van der Waals surface area contributed by atoms with E-state index in [0.717, 1.165) is 24.5 Å². The first kappa shape index (κ1) is 15.5. The monoisotopic (exact) mass is 314 g/mol. The fraction of sp³-hybridized carbons (Fsp3) is 0.714. The second-order valence-electron chi connectivity index (χ2n) is 8.45. The fourth-order valence-electron chi connectivity index (χ4n) is 6.48. The molecule has 0 amide bonds. The van der Waals surface area contributed by atoms with E-state index >= 15 is 0 Å². The van der Waals surface area contributed by atoms with Crippen molar-refractivity contribution in [2.75, 3.05) is 7.11 Å². The standard InChI is InChI=1S/C21H30O2/c1-11-9-14-10-15(23-4)5-6-16(14)21-13(3)12(2)20-17(19(11)21)7-8-18(20)22/h5-6,10-13,17-22H,7-9H2,1-4H3/t11?,12?,13-,17?,18?,19?,20?,21?/m0/s1. The zero-order valence-corrected chi connectivity index (χ0v) is 14.8. The Hall–Kier alpha value is -1.02. The van der Waals surface area contributed by atoms with Crippen LogP contribution in [0.15, 0.2) is 18.2 Å². The Bertz CT molecular complexity index is 596. The van der Waals surface area contributed by atoms with Crippen LogP contribution in [0, 0.1) is 35.5 Å². The lowest BCUT2D eigenvalue weighted by Crippen LogP contribution is -2.48. The van der Waals surface area contributed by atoms with Crippen LogP contribution in [-0.2, 0) is 6.42 Å². The van der Waals surface area contributed by atoms with Gasteiger partial charge in [0, 0.05) is 0 Å². The van der Waals surface area contributed by atoms with Crippen LogP contribution in [0.25, 0.3) is 0 Å². The van der Waals surface area contributed by atoms with E-state index < -0.39 is 0 Å². The first-order valence-electron chi connectivity index (χ1n) is 9.37. The molecule has 0 spiro atoms. The molecule has 23 heavy (non-hydrogen) atoms. The van der Waals surface area contributed by atoms with E-state index in [-0.39, 0.29) is 6.10 Å². The van der Waals surface area contributed by atoms with Crippen molar-refractivity contribution in [1.29, 1.82) is 0 Å². The Morgan fingerprint density at radius 3 is 2.57 bits per heavy atom. The van der Waals surface area contributed by atoms with Crippen molar-refractivity contribution >= 4 is 0 Å². The third-order valence-electron chi connectivity index (χ3n) is 7.55. The van der Waals surface area contributed by atoms with Crippen LogP contribution in [0.5, 0.6) is 5.75 Å². The van der Waals surface area contributed by atoms with Gasteiger partial charge < -0.3 is 9.84 Å². The number of methoxy groups -OCH3 is 1. The maximum absolute atomic E-state index is 10.5. The van der Waals surface area contributed by atoms with E-state index in [1.54, 1.807) is 12.7 Å². The fourth-order valence-corrected chi connectivity index (χ4v) is 6.48. The molecule has 0 bridgehead atoms. The molecule has 0 radical (unpaired) electrons. The molecule has 2 saturated carbocycles. The van der Waals surface area contributed by atoms with E-state index in [1.807, 2.05) is 0 Å². The summed E-state index contributed by atoms with van der Waals surface area (Å²) in [6.45, 7) is 7.25. The highest BCUT2D eigenvalue weighted by Crippen LogP contribution is 2.60. The second kappa shape index (κ2) is 5.51. The molecule has 3 aliphatic carbocycles. The smallest absolute Gasteiger partial charge is 0.119 e. The Morgan fingerprint density at radius 1 is 1.04 bits per heavy atom. The van der Waals surface area contributed by atoms with Crippen LogP contribution < -0.4 is 4.74 Å². The van der Waals surface area contributed by atoms with Crippen LogP contribution in [0.2, 0.25) is 0 Å². The van der Waals surface area contributed by atoms with Gasteiger partial charge in [0.2, 0.25) is 0 Å². The van der Waals surface area contributed by atoms with Gasteiger partial charge in [0.1, 0.15) is 5.75 Å². The summed E-state index contributed by atoms with van der Waals surface area (Å²) < 4.78 is 5.45. The van der Waals surface area contributed by atoms with Crippen molar-refractivity contribution in [3.63, 3.8) is 0 Å². The van der Waals surface area contributed by atoms with Gasteiger partial charge in [-0.3, -0.25) is 0 Å². The molecule has 2 fully saturated rings. The minimum absolute atomic E-state index is 0.0668. The van der Waals surface area contributed by atoms with Gasteiger partial charge in [0.15, 0.2) is 0 Å². The normalized spacial score (nSPS) is 45.1. The Kier molecular flexibility index (Phi) is 3.72. The van der Waals surface area contributed by atoms with Crippen LogP contribution in [0.3, 0.4) is 0 Å². The molecule has 1 aromatic rings. The maximum atomic E-state index is 10.5. The Labute approximate surface area is 140 Å². The molecular weight excluding hydrogens is 284 g/mol. The number of hydrogen-bond donors (Lipinski definition) is 1. The summed E-state index contributed by atoms with van der Waals surface area (Å²) in [4.78, 5) is 0. The largest absolute Gasteiger partial charge is 0.497 e. The minimum atomic E-state index is -0.0668. The summed E-state index contributed by atoms with van der Waals surface area (Å²) in [5.74, 6) is 5.57. The van der Waals surface area contributed by atoms with Gasteiger partial charge in [-0.25, -0.2) is 0 Å². The van der Waals surface area contributed by atoms with Gasteiger partial charge in [-0.1, -0.05) is 26.8 Å². The third kappa shape index (κ3) is 2.17. The molecule has 0 aliphatic heterocycles. The Balaban J connectivity index is 1.79. The molecule has 3 aliphatic rings. The summed E-state index contributed by atoms with van der Waals surface area (Å²) in [5.41, 5.74) is 3.06. The predicted octanol–water partition coefficient (Wildman–Crippen LogP) is 4.26. The molecule has 0 aromatic heterocycles. The van der Waals surface area contributed by atoms with E-state index in [9.17, 15) is 5.11 Å². The molecule has 4 rings (SSSR count). The lowest BCUT2D eigenvalue weighted by Gasteiger charge is -2.53. The molecule has 0 saturated heterocycles. The van der Waals surface area contributed by atoms with Crippen LogP contribution in [0.4, 0.5) is 0 Å². The van der Waals surface area contributed by atoms with Gasteiger partial charge in [-0.05, 0) is 83.9 Å². The van der Waals surface area contributed by atoms with Crippen molar-refractivity contribution in [1.82, 2.24) is 0 Å². The Morgan fingerprint density at radius 2 is 1.83 bits per heavy atom. The zero-order valence-electron chi connectivity index (χ0n) is 14.8. The summed E-state index contributed by atoms with van der Waals surface area (Å²) in [6, 6.07) is 6.72. The van der Waals surface area contributed by atoms with Crippen molar-refractivity contribution in [3.8, 4) is 5.75 Å². The average molecular weight is 314 g/mol. The van der Waals surface area contributed by atoms with Crippen LogP contribution in [-0.4, -0.2) is 18.3 Å². The summed E-state index contributed by atoms with van der Waals surface area (Å²) in [5, 5.41) is 10.5. The number of aliphatic hydroxyl groups is 1. The molecule has 0 heterocycles. The summed E-state index contributed by atoms with van der Waals surface area (Å²) >= 11 is 0. The summed E-state index contributed by atoms with van der Waals surface area (Å²) in [7, 11) is 1.76. The van der Waals surface area contributed by atoms with E-state index in [1.165, 1.54) is 12.0 Å². The minimum Gasteiger partial charge on any atom is -0.497 e. The highest BCUT2D eigenvalue weighted by Gasteiger charge is 2.55. The van der Waals surface area contributed by atoms with E-state index in [0.29, 0.717) is 35.5 Å². The van der Waals surface area contributed by atoms with Crippen molar-refractivity contribution in [2.24, 2.45) is 35.5 Å². The van der Waals surface area contributed by atoms with Crippen molar-refractivity contribution < 1.29 is 9.84 Å². The van der Waals surface area contributed by atoms with Gasteiger partial charge in [0.05, 0.1) is 13.2 Å². The number of fused-ring (bicyclic) bond motifs is 5. The molecular formula is C21H30O2. The first-order chi connectivity index (χ1) is 11.0. The first-order valence-corrected chi connectivity index (χ1v) is 9.37. The number of hydrogen-bond acceptors (Lipinski definition) is 2. The van der Waals surface area contributed by atoms with Gasteiger partial charge in [-0.2, -0.15) is 0 Å². The quantitative estimate of drug-likeness (QED) is 0.839. The third-order valence-corrected chi connectivity index (χ3v) is 7.55. The second-order valence-corrected chi connectivity index (χ2v) is 8.45. The molecule has 8 atom stereocenters. The highest BCUT2D eigenvalue weighted by molar-refractivity contribution is 5.41. The number of ether oxygens (including phenoxy) is 1. The van der Waals surface area contributed by atoms with Gasteiger partial charge >= 0.3 is 0 Å². The molecule has 1 N–H and O–H groups in total. The zero-order chi connectivity index (χ0) is 16.3. The van der Waals surface area contributed by atoms with Gasteiger partial charge in [0.25, 0.3) is 0 Å². The van der Waals surface area contributed by atoms with Gasteiger partial charge in [-0.15, -0.1) is 0 Å². The topological polar surface area (TPSA) is 29.5 Å². The maximum Gasteiger partial charge on any atom is 0.119 e. The lowest BCUT2D eigenvalue weighted by atomic mass is 9.51. The van der Waals surface area contributed by atoms with Crippen molar-refractivity contribution in [3.05, 3.63) is 29.3 Å². The number of aliphatic hydroxyl groups excluding tert-OH is 1. The van der Waals surface area contributed by atoms with Crippen LogP contribution >= 0.6 is 0 Å². The average Bonchev–Trinajstić information content (AvgIpc) is 2.92. The van der Waals surface area contributed by atoms with E-state index in [4.69, 9.17) is 4.74 Å². The summed E-state index contributed by atoms with van der Waals surface area (Å²) in [6.07, 6.45) is 3.33. The van der Waals surface area contributed by atoms with E-state index in [2.05, 4.69) is 39.0 Å². The highest BCUT2D eigenvalue weighted by atomic mass is 16.5. The molecule has 7 unspecified atom stereocenters. The van der Waals surface area contributed by atoms with Crippen molar-refractivity contribution in [2.45, 2.75) is 52.1 Å². The molecule has 2 nitrogen and oxygen atoms in total. The van der Waals surface area contributed by atoms with Crippen LogP contribution in [0.1, 0.15) is 50.7 Å². The SMILES string of the molecule is COc1ccc2c(c1)CC(C)C1C3CCC(O)C3C(C)[C@H](C)C21. The lowest BCUT2D eigenvalue weighted by molar-refractivity contribution is -0.0294. The molecule has 1 aromatic carbocycles. The molecule has 126 valence electrons. The predicted molar refractivity (Wildman–Crippen MR) is 92.6 cm³/mol. The number of rotatable bonds is 1. The molecule has 2 heteroatoms.